The number of aromatic amines is 1. The molecule has 7 nitrogen and oxygen atoms in total. The van der Waals surface area contributed by atoms with Crippen LogP contribution in [0.2, 0.25) is 0 Å². The molecule has 3 heterocycles. The Morgan fingerprint density at radius 1 is 1.15 bits per heavy atom. The van der Waals surface area contributed by atoms with Gasteiger partial charge in [0.25, 0.3) is 0 Å². The predicted molar refractivity (Wildman–Crippen MR) is 130 cm³/mol. The molecule has 0 bridgehead atoms. The van der Waals surface area contributed by atoms with Gasteiger partial charge < -0.3 is 19.5 Å². The number of nitrogens with zero attached hydrogens (tertiary/aromatic N) is 3. The number of nitrogens with one attached hydrogen (secondary N) is 1. The van der Waals surface area contributed by atoms with Crippen molar-refractivity contribution >= 4 is 21.8 Å². The molecular weight excluding hydrogens is 435 g/mol. The Balaban J connectivity index is 1.69. The largest absolute Gasteiger partial charge is 0.508 e. The van der Waals surface area contributed by atoms with Gasteiger partial charge in [0.05, 0.1) is 30.5 Å². The maximum absolute atomic E-state index is 15.8. The topological polar surface area (TPSA) is 83.5 Å². The second-order valence-corrected chi connectivity index (χ2v) is 9.19. The van der Waals surface area contributed by atoms with E-state index in [2.05, 4.69) is 22.1 Å². The van der Waals surface area contributed by atoms with Crippen LogP contribution in [0.1, 0.15) is 24.1 Å². The zero-order valence-corrected chi connectivity index (χ0v) is 19.9. The number of hydrogen-bond acceptors (Lipinski definition) is 6. The van der Waals surface area contributed by atoms with Gasteiger partial charge >= 0.3 is 0 Å². The van der Waals surface area contributed by atoms with E-state index in [1.54, 1.807) is 32.2 Å². The molecule has 0 saturated carbocycles. The first kappa shape index (κ1) is 22.4. The monoisotopic (exact) mass is 464 g/mol. The van der Waals surface area contributed by atoms with Crippen LogP contribution in [0.5, 0.6) is 17.2 Å². The molecule has 4 aromatic rings. The highest BCUT2D eigenvalue weighted by atomic mass is 19.1. The van der Waals surface area contributed by atoms with Gasteiger partial charge in [-0.2, -0.15) is 5.10 Å². The molecule has 1 saturated heterocycles. The minimum Gasteiger partial charge on any atom is -0.508 e. The van der Waals surface area contributed by atoms with E-state index in [4.69, 9.17) is 14.5 Å². The van der Waals surface area contributed by atoms with Crippen LogP contribution >= 0.6 is 0 Å². The number of ether oxygens (including phenoxy) is 2. The molecule has 1 aliphatic rings. The second kappa shape index (κ2) is 8.76. The summed E-state index contributed by atoms with van der Waals surface area (Å²) in [6, 6.07) is 6.52. The summed E-state index contributed by atoms with van der Waals surface area (Å²) in [5.41, 5.74) is 3.06. The molecule has 2 N–H and O–H groups in total. The number of likely N-dealkylation sites (tertiary alicyclic amines) is 1. The molecule has 0 unspecified atom stereocenters. The Hall–Kier alpha value is -3.39. The summed E-state index contributed by atoms with van der Waals surface area (Å²) in [5, 5.41) is 18.9. The second-order valence-electron chi connectivity index (χ2n) is 9.19. The fourth-order valence-corrected chi connectivity index (χ4v) is 4.80. The number of halogens is 1. The van der Waals surface area contributed by atoms with Crippen LogP contribution in [0, 0.1) is 25.6 Å². The number of phenols is 1. The Morgan fingerprint density at radius 3 is 2.62 bits per heavy atom. The summed E-state index contributed by atoms with van der Waals surface area (Å²) in [7, 11) is 3.69. The Kier molecular flexibility index (Phi) is 5.77. The van der Waals surface area contributed by atoms with Gasteiger partial charge in [-0.05, 0) is 76.5 Å². The summed E-state index contributed by atoms with van der Waals surface area (Å²) >= 11 is 0. The molecule has 2 aromatic carbocycles. The predicted octanol–water partition coefficient (Wildman–Crippen LogP) is 4.97. The van der Waals surface area contributed by atoms with Crippen molar-refractivity contribution in [3.05, 3.63) is 41.3 Å². The van der Waals surface area contributed by atoms with Crippen LogP contribution in [0.25, 0.3) is 33.1 Å². The van der Waals surface area contributed by atoms with E-state index in [-0.39, 0.29) is 5.75 Å². The summed E-state index contributed by atoms with van der Waals surface area (Å²) in [6.07, 6.45) is 2.10. The molecule has 34 heavy (non-hydrogen) atoms. The van der Waals surface area contributed by atoms with Crippen molar-refractivity contribution in [3.8, 4) is 28.5 Å². The molecule has 0 aliphatic carbocycles. The number of rotatable bonds is 5. The molecule has 0 atom stereocenters. The van der Waals surface area contributed by atoms with Gasteiger partial charge in [0.2, 0.25) is 0 Å². The third-order valence-electron chi connectivity index (χ3n) is 6.82. The maximum atomic E-state index is 15.8. The SMILES string of the molecule is COc1c(OCC2CCN(C)CC2)cc(F)c2c(-c3ccc(O)c(C)c3)nc3[nH]nc(C)c3c12. The molecule has 1 fully saturated rings. The lowest BCUT2D eigenvalue weighted by atomic mass is 9.97. The number of H-pyrrole nitrogens is 1. The van der Waals surface area contributed by atoms with Crippen LogP contribution in [0.15, 0.2) is 24.3 Å². The van der Waals surface area contributed by atoms with Crippen molar-refractivity contribution in [1.29, 1.82) is 0 Å². The average molecular weight is 465 g/mol. The van der Waals surface area contributed by atoms with E-state index in [0.29, 0.717) is 68.3 Å². The van der Waals surface area contributed by atoms with Crippen LogP contribution in [-0.2, 0) is 0 Å². The molecule has 0 radical (unpaired) electrons. The van der Waals surface area contributed by atoms with Gasteiger partial charge in [0.15, 0.2) is 17.1 Å². The first-order valence-corrected chi connectivity index (χ1v) is 11.5. The highest BCUT2D eigenvalue weighted by Gasteiger charge is 2.25. The van der Waals surface area contributed by atoms with Gasteiger partial charge in [0.1, 0.15) is 11.6 Å². The van der Waals surface area contributed by atoms with E-state index >= 15 is 4.39 Å². The maximum Gasteiger partial charge on any atom is 0.169 e. The Bertz CT molecular complexity index is 1380. The van der Waals surface area contributed by atoms with E-state index in [1.165, 1.54) is 6.07 Å². The molecule has 5 rings (SSSR count). The summed E-state index contributed by atoms with van der Waals surface area (Å²) < 4.78 is 27.8. The van der Waals surface area contributed by atoms with Gasteiger partial charge in [-0.15, -0.1) is 0 Å². The standard InChI is InChI=1S/C26H29FN4O3/c1-14-11-17(5-6-19(14)32)24-22-18(27)12-20(34-13-16-7-9-31(3)10-8-16)25(33-4)23(22)21-15(2)29-30-26(21)28-24/h5-6,11-12,16,32H,7-10,13H2,1-4H3,(H,28,29,30). The third kappa shape index (κ3) is 3.81. The number of aryl methyl sites for hydroxylation is 2. The third-order valence-corrected chi connectivity index (χ3v) is 6.82. The molecule has 0 amide bonds. The summed E-state index contributed by atoms with van der Waals surface area (Å²) in [6.45, 7) is 6.23. The molecule has 8 heteroatoms. The van der Waals surface area contributed by atoms with Crippen molar-refractivity contribution in [3.63, 3.8) is 0 Å². The highest BCUT2D eigenvalue weighted by Crippen LogP contribution is 2.45. The minimum atomic E-state index is -0.440. The fourth-order valence-electron chi connectivity index (χ4n) is 4.80. The van der Waals surface area contributed by atoms with Crippen molar-refractivity contribution in [2.75, 3.05) is 33.9 Å². The van der Waals surface area contributed by atoms with E-state index in [0.717, 1.165) is 25.9 Å². The molecular formula is C26H29FN4O3. The molecule has 2 aromatic heterocycles. The number of aromatic nitrogens is 3. The number of methoxy groups -OCH3 is 1. The first-order chi connectivity index (χ1) is 16.4. The number of hydrogen-bond donors (Lipinski definition) is 2. The van der Waals surface area contributed by atoms with Gasteiger partial charge in [-0.1, -0.05) is 0 Å². The zero-order valence-electron chi connectivity index (χ0n) is 19.9. The van der Waals surface area contributed by atoms with Gasteiger partial charge in [0, 0.05) is 22.4 Å². The lowest BCUT2D eigenvalue weighted by Gasteiger charge is -2.29. The van der Waals surface area contributed by atoms with Gasteiger partial charge in [-0.25, -0.2) is 9.37 Å². The zero-order chi connectivity index (χ0) is 24.0. The molecule has 0 spiro atoms. The number of fused-ring (bicyclic) bond motifs is 3. The number of phenolic OH excluding ortho intramolecular Hbond substituents is 1. The van der Waals surface area contributed by atoms with Crippen molar-refractivity contribution in [1.82, 2.24) is 20.1 Å². The van der Waals surface area contributed by atoms with E-state index in [1.807, 2.05) is 6.92 Å². The van der Waals surface area contributed by atoms with Gasteiger partial charge in [-0.3, -0.25) is 5.10 Å². The number of piperidine rings is 1. The van der Waals surface area contributed by atoms with Crippen molar-refractivity contribution in [2.45, 2.75) is 26.7 Å². The molecule has 1 aliphatic heterocycles. The summed E-state index contributed by atoms with van der Waals surface area (Å²) in [4.78, 5) is 7.03. The normalized spacial score (nSPS) is 15.3. The minimum absolute atomic E-state index is 0.175. The molecule has 178 valence electrons. The Morgan fingerprint density at radius 2 is 1.91 bits per heavy atom. The number of aromatic hydroxyl groups is 1. The number of pyridine rings is 1. The first-order valence-electron chi connectivity index (χ1n) is 11.5. The fraction of sp³-hybridized carbons (Fsp3) is 0.385. The van der Waals surface area contributed by atoms with E-state index in [9.17, 15) is 5.11 Å². The smallest absolute Gasteiger partial charge is 0.169 e. The number of benzene rings is 2. The van der Waals surface area contributed by atoms with Crippen molar-refractivity contribution in [2.24, 2.45) is 5.92 Å². The lowest BCUT2D eigenvalue weighted by molar-refractivity contribution is 0.157. The van der Waals surface area contributed by atoms with Crippen molar-refractivity contribution < 1.29 is 19.0 Å². The Labute approximate surface area is 197 Å². The van der Waals surface area contributed by atoms with Crippen LogP contribution in [0.4, 0.5) is 4.39 Å². The van der Waals surface area contributed by atoms with Crippen LogP contribution in [0.3, 0.4) is 0 Å². The summed E-state index contributed by atoms with van der Waals surface area (Å²) in [5.74, 6) is 1.01. The van der Waals surface area contributed by atoms with Crippen LogP contribution in [-0.4, -0.2) is 59.0 Å². The van der Waals surface area contributed by atoms with Crippen LogP contribution < -0.4 is 9.47 Å². The lowest BCUT2D eigenvalue weighted by Crippen LogP contribution is -2.32. The van der Waals surface area contributed by atoms with E-state index < -0.39 is 5.82 Å². The quantitative estimate of drug-likeness (QED) is 0.434. The average Bonchev–Trinajstić information content (AvgIpc) is 3.20. The highest BCUT2D eigenvalue weighted by molar-refractivity contribution is 6.15.